The molecule has 206 valence electrons. The van der Waals surface area contributed by atoms with Crippen LogP contribution in [0.2, 0.25) is 5.02 Å². The van der Waals surface area contributed by atoms with E-state index in [2.05, 4.69) is 5.32 Å². The Kier molecular flexibility index (Phi) is 12.2. The van der Waals surface area contributed by atoms with Gasteiger partial charge in [-0.05, 0) is 102 Å². The van der Waals surface area contributed by atoms with Crippen molar-refractivity contribution in [3.63, 3.8) is 0 Å². The summed E-state index contributed by atoms with van der Waals surface area (Å²) in [5, 5.41) is 13.0. The molecular formula is C33H31ClLiNO4S. The van der Waals surface area contributed by atoms with Gasteiger partial charge in [-0.2, -0.15) is 11.8 Å². The van der Waals surface area contributed by atoms with Crippen molar-refractivity contribution in [2.24, 2.45) is 0 Å². The van der Waals surface area contributed by atoms with E-state index in [1.54, 1.807) is 30.0 Å². The number of aryl methyl sites for hydroxylation is 1. The molecule has 8 heteroatoms. The van der Waals surface area contributed by atoms with Gasteiger partial charge in [-0.3, -0.25) is 4.79 Å². The van der Waals surface area contributed by atoms with Crippen LogP contribution in [0.4, 0.5) is 0 Å². The first-order valence-electron chi connectivity index (χ1n) is 12.8. The van der Waals surface area contributed by atoms with Crippen molar-refractivity contribution in [2.75, 3.05) is 12.0 Å². The minimum atomic E-state index is -1.04. The molecule has 2 N–H and O–H groups in total. The Morgan fingerprint density at radius 1 is 0.902 bits per heavy atom. The van der Waals surface area contributed by atoms with Gasteiger partial charge in [0.25, 0.3) is 5.91 Å². The zero-order chi connectivity index (χ0) is 28.5. The van der Waals surface area contributed by atoms with Crippen molar-refractivity contribution in [2.45, 2.75) is 19.4 Å². The van der Waals surface area contributed by atoms with Crippen molar-refractivity contribution in [1.29, 1.82) is 0 Å². The third-order valence-corrected chi connectivity index (χ3v) is 7.23. The number of aliphatic carboxylic acids is 1. The second-order valence-electron chi connectivity index (χ2n) is 9.22. The Hall–Kier alpha value is -3.40. The molecule has 0 saturated heterocycles. The zero-order valence-electron chi connectivity index (χ0n) is 22.3. The molecule has 0 aliphatic rings. The summed E-state index contributed by atoms with van der Waals surface area (Å²) >= 11 is 7.49. The predicted molar refractivity (Wildman–Crippen MR) is 173 cm³/mol. The van der Waals surface area contributed by atoms with Gasteiger partial charge >= 0.3 is 24.8 Å². The first-order valence-corrected chi connectivity index (χ1v) is 14.6. The number of hydrogen-bond donors (Lipinski definition) is 2. The van der Waals surface area contributed by atoms with Crippen LogP contribution in [0.25, 0.3) is 23.3 Å². The normalized spacial score (nSPS) is 11.5. The van der Waals surface area contributed by atoms with Crippen LogP contribution < -0.4 is 10.1 Å². The van der Waals surface area contributed by atoms with Crippen LogP contribution in [-0.2, 0) is 4.79 Å². The predicted octanol–water partition coefficient (Wildman–Crippen LogP) is 7.57. The topological polar surface area (TPSA) is 75.6 Å². The van der Waals surface area contributed by atoms with Crippen molar-refractivity contribution in [1.82, 2.24) is 5.32 Å². The molecule has 0 spiro atoms. The Labute approximate surface area is 262 Å². The second kappa shape index (κ2) is 15.6. The van der Waals surface area contributed by atoms with E-state index in [4.69, 9.17) is 16.3 Å². The maximum absolute atomic E-state index is 13.3. The van der Waals surface area contributed by atoms with Crippen LogP contribution in [-0.4, -0.2) is 53.9 Å². The zero-order valence-corrected chi connectivity index (χ0v) is 23.8. The van der Waals surface area contributed by atoms with Crippen molar-refractivity contribution in [3.8, 4) is 22.6 Å². The number of carboxylic acids is 1. The van der Waals surface area contributed by atoms with E-state index in [-0.39, 0.29) is 18.9 Å². The molecule has 4 aromatic carbocycles. The molecule has 1 unspecified atom stereocenters. The molecule has 4 aromatic rings. The number of carboxylic acid groups (broad SMARTS) is 1. The number of carbonyl (C=O) groups excluding carboxylic acids is 1. The molecule has 0 aliphatic carbocycles. The molecular weight excluding hydrogens is 549 g/mol. The quantitative estimate of drug-likeness (QED) is 0.142. The molecule has 0 aliphatic heterocycles. The summed E-state index contributed by atoms with van der Waals surface area (Å²) in [6, 6.07) is 27.4. The first kappa shape index (κ1) is 32.1. The van der Waals surface area contributed by atoms with Gasteiger partial charge in [0.2, 0.25) is 0 Å². The fourth-order valence-electron chi connectivity index (χ4n) is 4.17. The van der Waals surface area contributed by atoms with Crippen LogP contribution in [0.15, 0.2) is 91.0 Å². The number of carbonyl (C=O) groups is 2. The van der Waals surface area contributed by atoms with E-state index in [0.717, 1.165) is 27.8 Å². The van der Waals surface area contributed by atoms with Gasteiger partial charge in [-0.1, -0.05) is 66.2 Å². The molecule has 5 nitrogen and oxygen atoms in total. The standard InChI is InChI=1S/C33H30ClNO4S.Li.H/c1-22-5-3-4-6-28(22)30-21-24(11-18-29(30)32(36)35-31(33(37)38)19-20-40-2)8-7-23-9-14-26(15-10-23)39-27-16-12-25(34)13-17-27;;/h3-18,21,31H,19-20H2,1-2H3,(H,35,36)(H,37,38);;. The van der Waals surface area contributed by atoms with Gasteiger partial charge in [-0.25, -0.2) is 4.79 Å². The summed E-state index contributed by atoms with van der Waals surface area (Å²) < 4.78 is 5.87. The second-order valence-corrected chi connectivity index (χ2v) is 10.6. The summed E-state index contributed by atoms with van der Waals surface area (Å²) in [5.41, 5.74) is 5.02. The van der Waals surface area contributed by atoms with Crippen LogP contribution >= 0.6 is 23.4 Å². The van der Waals surface area contributed by atoms with Gasteiger partial charge in [-0.15, -0.1) is 0 Å². The third kappa shape index (κ3) is 9.04. The van der Waals surface area contributed by atoms with E-state index >= 15 is 0 Å². The van der Waals surface area contributed by atoms with Crippen LogP contribution in [0.1, 0.15) is 33.5 Å². The Bertz CT molecular complexity index is 1510. The number of rotatable bonds is 11. The number of thioether (sulfide) groups is 1. The SMILES string of the molecule is CSCCC(NC(=O)c1ccc(C=Cc2ccc(Oc3ccc(Cl)cc3)cc2)cc1-c1ccccc1C)C(=O)O.[LiH]. The van der Waals surface area contributed by atoms with Gasteiger partial charge in [0.1, 0.15) is 17.5 Å². The minimum absolute atomic E-state index is 0. The number of amides is 1. The number of nitrogens with one attached hydrogen (secondary N) is 1. The average molecular weight is 580 g/mol. The summed E-state index contributed by atoms with van der Waals surface area (Å²) in [6.45, 7) is 1.99. The molecule has 0 heterocycles. The van der Waals surface area contributed by atoms with Crippen molar-refractivity contribution >= 4 is 66.3 Å². The molecule has 0 radical (unpaired) electrons. The van der Waals surface area contributed by atoms with Gasteiger partial charge in [0.05, 0.1) is 0 Å². The summed E-state index contributed by atoms with van der Waals surface area (Å²) in [5.74, 6) is 0.621. The Morgan fingerprint density at radius 3 is 2.15 bits per heavy atom. The van der Waals surface area contributed by atoms with Gasteiger partial charge in [0, 0.05) is 10.6 Å². The number of benzene rings is 4. The number of ether oxygens (including phenoxy) is 1. The molecule has 0 fully saturated rings. The average Bonchev–Trinajstić information content (AvgIpc) is 2.96. The van der Waals surface area contributed by atoms with Crippen molar-refractivity contribution in [3.05, 3.63) is 118 Å². The molecule has 41 heavy (non-hydrogen) atoms. The third-order valence-electron chi connectivity index (χ3n) is 6.34. The monoisotopic (exact) mass is 579 g/mol. The number of hydrogen-bond acceptors (Lipinski definition) is 4. The summed E-state index contributed by atoms with van der Waals surface area (Å²) in [7, 11) is 0. The number of halogens is 1. The molecule has 1 atom stereocenters. The van der Waals surface area contributed by atoms with Crippen molar-refractivity contribution < 1.29 is 19.4 Å². The molecule has 0 aromatic heterocycles. The first-order chi connectivity index (χ1) is 19.3. The molecule has 0 saturated carbocycles. The van der Waals surface area contributed by atoms with E-state index in [1.807, 2.05) is 98.1 Å². The Balaban J connectivity index is 0.00000462. The molecule has 0 bridgehead atoms. The van der Waals surface area contributed by atoms with E-state index < -0.39 is 17.9 Å². The van der Waals surface area contributed by atoms with E-state index in [9.17, 15) is 14.7 Å². The van der Waals surface area contributed by atoms with E-state index in [1.165, 1.54) is 0 Å². The summed E-state index contributed by atoms with van der Waals surface area (Å²) in [6.07, 6.45) is 6.24. The van der Waals surface area contributed by atoms with Crippen LogP contribution in [0.5, 0.6) is 11.5 Å². The van der Waals surface area contributed by atoms with E-state index in [0.29, 0.717) is 34.3 Å². The Morgan fingerprint density at radius 2 is 1.51 bits per heavy atom. The van der Waals surface area contributed by atoms with Crippen LogP contribution in [0.3, 0.4) is 0 Å². The fourth-order valence-corrected chi connectivity index (χ4v) is 4.77. The summed E-state index contributed by atoms with van der Waals surface area (Å²) in [4.78, 5) is 25.0. The maximum atomic E-state index is 13.3. The molecule has 4 rings (SSSR count). The van der Waals surface area contributed by atoms with Gasteiger partial charge < -0.3 is 15.2 Å². The molecule has 1 amide bonds. The fraction of sp³-hybridized carbons (Fsp3) is 0.152. The van der Waals surface area contributed by atoms with Crippen LogP contribution in [0, 0.1) is 6.92 Å². The van der Waals surface area contributed by atoms with Gasteiger partial charge in [0.15, 0.2) is 0 Å².